The SMILES string of the molecule is CN(C)CCn1cc(C(=O)NC2CCc3cc(F)ccc32)c2ccccc21. The molecule has 140 valence electrons. The maximum absolute atomic E-state index is 13.4. The van der Waals surface area contributed by atoms with Crippen LogP contribution in [-0.4, -0.2) is 36.0 Å². The van der Waals surface area contributed by atoms with Gasteiger partial charge in [0, 0.05) is 30.2 Å². The van der Waals surface area contributed by atoms with E-state index in [0.717, 1.165) is 48.0 Å². The van der Waals surface area contributed by atoms with Crippen molar-refractivity contribution in [2.24, 2.45) is 0 Å². The van der Waals surface area contributed by atoms with Crippen molar-refractivity contribution in [1.82, 2.24) is 14.8 Å². The minimum atomic E-state index is -0.218. The van der Waals surface area contributed by atoms with Gasteiger partial charge in [0.15, 0.2) is 0 Å². The molecule has 1 aromatic heterocycles. The van der Waals surface area contributed by atoms with E-state index in [1.54, 1.807) is 12.1 Å². The molecule has 4 rings (SSSR count). The number of hydrogen-bond donors (Lipinski definition) is 1. The Kier molecular flexibility index (Phi) is 4.70. The first-order chi connectivity index (χ1) is 13.0. The monoisotopic (exact) mass is 365 g/mol. The summed E-state index contributed by atoms with van der Waals surface area (Å²) in [6.45, 7) is 1.73. The number of nitrogens with one attached hydrogen (secondary N) is 1. The molecule has 0 saturated carbocycles. The van der Waals surface area contributed by atoms with E-state index in [2.05, 4.69) is 20.9 Å². The van der Waals surface area contributed by atoms with E-state index < -0.39 is 0 Å². The second-order valence-electron chi connectivity index (χ2n) is 7.46. The maximum Gasteiger partial charge on any atom is 0.253 e. The van der Waals surface area contributed by atoms with Gasteiger partial charge < -0.3 is 14.8 Å². The fourth-order valence-corrected chi connectivity index (χ4v) is 3.89. The van der Waals surface area contributed by atoms with Crippen LogP contribution < -0.4 is 5.32 Å². The lowest BCUT2D eigenvalue weighted by Gasteiger charge is -2.14. The van der Waals surface area contributed by atoms with Crippen LogP contribution in [0.1, 0.15) is 33.9 Å². The van der Waals surface area contributed by atoms with Crippen LogP contribution in [-0.2, 0) is 13.0 Å². The molecule has 1 N–H and O–H groups in total. The van der Waals surface area contributed by atoms with Gasteiger partial charge in [0.2, 0.25) is 0 Å². The third-order valence-electron chi connectivity index (χ3n) is 5.31. The topological polar surface area (TPSA) is 37.3 Å². The number of para-hydroxylation sites is 1. The highest BCUT2D eigenvalue weighted by molar-refractivity contribution is 6.07. The first-order valence-electron chi connectivity index (χ1n) is 9.35. The van der Waals surface area contributed by atoms with E-state index >= 15 is 0 Å². The molecule has 0 aliphatic heterocycles. The van der Waals surface area contributed by atoms with E-state index in [9.17, 15) is 9.18 Å². The van der Waals surface area contributed by atoms with E-state index in [0.29, 0.717) is 5.56 Å². The van der Waals surface area contributed by atoms with Crippen molar-refractivity contribution in [2.75, 3.05) is 20.6 Å². The number of aromatic nitrogens is 1. The molecule has 0 bridgehead atoms. The predicted molar refractivity (Wildman–Crippen MR) is 105 cm³/mol. The Bertz CT molecular complexity index is 992. The lowest BCUT2D eigenvalue weighted by Crippen LogP contribution is -2.27. The number of amides is 1. The van der Waals surface area contributed by atoms with Gasteiger partial charge in [-0.05, 0) is 56.3 Å². The summed E-state index contributed by atoms with van der Waals surface area (Å²) in [5, 5.41) is 4.12. The Morgan fingerprint density at radius 3 is 2.89 bits per heavy atom. The highest BCUT2D eigenvalue weighted by Gasteiger charge is 2.26. The van der Waals surface area contributed by atoms with Gasteiger partial charge in [0.25, 0.3) is 5.91 Å². The predicted octanol–water partition coefficient (Wildman–Crippen LogP) is 3.76. The fourth-order valence-electron chi connectivity index (χ4n) is 3.89. The molecule has 0 radical (unpaired) electrons. The molecule has 4 nitrogen and oxygen atoms in total. The number of rotatable bonds is 5. The van der Waals surface area contributed by atoms with Gasteiger partial charge in [-0.2, -0.15) is 0 Å². The van der Waals surface area contributed by atoms with Crippen molar-refractivity contribution in [3.63, 3.8) is 0 Å². The number of halogens is 1. The van der Waals surface area contributed by atoms with Crippen LogP contribution in [0.15, 0.2) is 48.7 Å². The summed E-state index contributed by atoms with van der Waals surface area (Å²) in [5.74, 6) is -0.290. The van der Waals surface area contributed by atoms with Gasteiger partial charge in [-0.25, -0.2) is 4.39 Å². The zero-order valence-electron chi connectivity index (χ0n) is 15.7. The molecular formula is C22H24FN3O. The molecule has 1 aliphatic rings. The lowest BCUT2D eigenvalue weighted by atomic mass is 10.1. The van der Waals surface area contributed by atoms with Crippen LogP contribution in [0, 0.1) is 5.82 Å². The summed E-state index contributed by atoms with van der Waals surface area (Å²) in [5.41, 5.74) is 3.79. The first kappa shape index (κ1) is 17.7. The largest absolute Gasteiger partial charge is 0.345 e. The van der Waals surface area contributed by atoms with Crippen LogP contribution in [0.4, 0.5) is 4.39 Å². The second-order valence-corrected chi connectivity index (χ2v) is 7.46. The van der Waals surface area contributed by atoms with Gasteiger partial charge >= 0.3 is 0 Å². The molecule has 0 fully saturated rings. The fraction of sp³-hybridized carbons (Fsp3) is 0.318. The van der Waals surface area contributed by atoms with Crippen LogP contribution >= 0.6 is 0 Å². The molecule has 0 saturated heterocycles. The van der Waals surface area contributed by atoms with Gasteiger partial charge in [0.05, 0.1) is 11.6 Å². The molecule has 5 heteroatoms. The van der Waals surface area contributed by atoms with E-state index in [4.69, 9.17) is 0 Å². The Morgan fingerprint density at radius 2 is 2.07 bits per heavy atom. The number of nitrogens with zero attached hydrogens (tertiary/aromatic N) is 2. The Balaban J connectivity index is 1.60. The van der Waals surface area contributed by atoms with Crippen molar-refractivity contribution in [3.8, 4) is 0 Å². The molecule has 3 aromatic rings. The van der Waals surface area contributed by atoms with Crippen LogP contribution in [0.2, 0.25) is 0 Å². The number of likely N-dealkylation sites (N-methyl/N-ethyl adjacent to an activating group) is 1. The third-order valence-corrected chi connectivity index (χ3v) is 5.31. The number of aryl methyl sites for hydroxylation is 1. The highest BCUT2D eigenvalue weighted by Crippen LogP contribution is 2.32. The molecule has 1 amide bonds. The standard InChI is InChI=1S/C22H24FN3O/c1-25(2)11-12-26-14-19(18-5-3-4-6-21(18)26)22(27)24-20-10-7-15-13-16(23)8-9-17(15)20/h3-6,8-9,13-14,20H,7,10-12H2,1-2H3,(H,24,27). The van der Waals surface area contributed by atoms with Crippen molar-refractivity contribution in [2.45, 2.75) is 25.4 Å². The van der Waals surface area contributed by atoms with E-state index in [-0.39, 0.29) is 17.8 Å². The summed E-state index contributed by atoms with van der Waals surface area (Å²) in [6, 6.07) is 12.8. The van der Waals surface area contributed by atoms with Gasteiger partial charge in [0.1, 0.15) is 5.82 Å². The molecule has 1 atom stereocenters. The number of carbonyl (C=O) groups excluding carboxylic acids is 1. The average Bonchev–Trinajstić information content (AvgIpc) is 3.21. The van der Waals surface area contributed by atoms with Crippen molar-refractivity contribution < 1.29 is 9.18 Å². The van der Waals surface area contributed by atoms with Crippen molar-refractivity contribution in [3.05, 3.63) is 71.2 Å². The van der Waals surface area contributed by atoms with Crippen molar-refractivity contribution in [1.29, 1.82) is 0 Å². The first-order valence-corrected chi connectivity index (χ1v) is 9.35. The quantitative estimate of drug-likeness (QED) is 0.748. The van der Waals surface area contributed by atoms with Gasteiger partial charge in [-0.3, -0.25) is 4.79 Å². The third kappa shape index (κ3) is 3.47. The maximum atomic E-state index is 13.4. The minimum Gasteiger partial charge on any atom is -0.345 e. The van der Waals surface area contributed by atoms with Gasteiger partial charge in [-0.15, -0.1) is 0 Å². The molecule has 0 spiro atoms. The normalized spacial score (nSPS) is 16.1. The summed E-state index contributed by atoms with van der Waals surface area (Å²) in [4.78, 5) is 15.2. The van der Waals surface area contributed by atoms with Crippen LogP contribution in [0.25, 0.3) is 10.9 Å². The summed E-state index contributed by atoms with van der Waals surface area (Å²) in [7, 11) is 4.08. The second kappa shape index (κ2) is 7.16. The average molecular weight is 365 g/mol. The number of benzene rings is 2. The minimum absolute atomic E-state index is 0.0583. The molecule has 1 heterocycles. The molecule has 2 aromatic carbocycles. The zero-order valence-corrected chi connectivity index (χ0v) is 15.7. The highest BCUT2D eigenvalue weighted by atomic mass is 19.1. The van der Waals surface area contributed by atoms with Crippen LogP contribution in [0.5, 0.6) is 0 Å². The Morgan fingerprint density at radius 1 is 1.26 bits per heavy atom. The molecule has 1 unspecified atom stereocenters. The lowest BCUT2D eigenvalue weighted by molar-refractivity contribution is 0.0938. The zero-order chi connectivity index (χ0) is 19.0. The smallest absolute Gasteiger partial charge is 0.253 e. The number of carbonyl (C=O) groups is 1. The van der Waals surface area contributed by atoms with E-state index in [1.165, 1.54) is 6.07 Å². The van der Waals surface area contributed by atoms with E-state index in [1.807, 2.05) is 38.5 Å². The summed E-state index contributed by atoms with van der Waals surface area (Å²) >= 11 is 0. The number of hydrogen-bond acceptors (Lipinski definition) is 2. The number of fused-ring (bicyclic) bond motifs is 2. The summed E-state index contributed by atoms with van der Waals surface area (Å²) in [6.07, 6.45) is 3.55. The molecular weight excluding hydrogens is 341 g/mol. The van der Waals surface area contributed by atoms with Gasteiger partial charge in [-0.1, -0.05) is 24.3 Å². The molecule has 1 aliphatic carbocycles. The van der Waals surface area contributed by atoms with Crippen molar-refractivity contribution >= 4 is 16.8 Å². The van der Waals surface area contributed by atoms with Crippen LogP contribution in [0.3, 0.4) is 0 Å². The summed E-state index contributed by atoms with van der Waals surface area (Å²) < 4.78 is 15.6. The Hall–Kier alpha value is -2.66. The Labute approximate surface area is 158 Å². The molecule has 27 heavy (non-hydrogen) atoms.